The molecule has 78 valence electrons. The van der Waals surface area contributed by atoms with Crippen LogP contribution < -0.4 is 5.32 Å². The molecule has 0 amide bonds. The summed E-state index contributed by atoms with van der Waals surface area (Å²) < 4.78 is 0. The lowest BCUT2D eigenvalue weighted by Gasteiger charge is -2.23. The van der Waals surface area contributed by atoms with Crippen LogP contribution in [0.5, 0.6) is 0 Å². The second-order valence-electron chi connectivity index (χ2n) is 4.18. The predicted molar refractivity (Wildman–Crippen MR) is 63.7 cm³/mol. The molecule has 0 saturated heterocycles. The van der Waals surface area contributed by atoms with Crippen LogP contribution in [0, 0.1) is 12.3 Å². The van der Waals surface area contributed by atoms with Crippen molar-refractivity contribution in [3.63, 3.8) is 0 Å². The Balaban J connectivity index is 2.24. The van der Waals surface area contributed by atoms with E-state index in [-0.39, 0.29) is 11.5 Å². The van der Waals surface area contributed by atoms with Gasteiger partial charge >= 0.3 is 0 Å². The Labute approximate surface area is 91.9 Å². The zero-order valence-electron chi connectivity index (χ0n) is 9.16. The smallest absolute Gasteiger partial charge is 0.0784 e. The summed E-state index contributed by atoms with van der Waals surface area (Å²) in [6, 6.07) is 10.8. The van der Waals surface area contributed by atoms with E-state index in [9.17, 15) is 0 Å². The minimum Gasteiger partial charge on any atom is -0.303 e. The van der Waals surface area contributed by atoms with Gasteiger partial charge in [-0.05, 0) is 24.9 Å². The molecule has 0 aliphatic heterocycles. The van der Waals surface area contributed by atoms with Crippen LogP contribution in [0.4, 0.5) is 0 Å². The van der Waals surface area contributed by atoms with Crippen LogP contribution in [0.25, 0.3) is 0 Å². The number of benzene rings is 1. The van der Waals surface area contributed by atoms with Gasteiger partial charge in [-0.25, -0.2) is 0 Å². The van der Waals surface area contributed by atoms with E-state index in [1.165, 1.54) is 18.4 Å². The predicted octanol–water partition coefficient (Wildman–Crippen LogP) is 2.33. The highest BCUT2D eigenvalue weighted by Crippen LogP contribution is 2.50. The van der Waals surface area contributed by atoms with Crippen LogP contribution in [0.2, 0.25) is 0 Å². The van der Waals surface area contributed by atoms with Crippen molar-refractivity contribution >= 4 is 0 Å². The minimum atomic E-state index is 0.185. The van der Waals surface area contributed by atoms with Gasteiger partial charge in [-0.2, -0.15) is 0 Å². The van der Waals surface area contributed by atoms with Crippen LogP contribution in [0.1, 0.15) is 25.3 Å². The first-order valence-electron chi connectivity index (χ1n) is 5.58. The summed E-state index contributed by atoms with van der Waals surface area (Å²) in [5.41, 5.74) is 1.60. The Hall–Kier alpha value is -1.26. The Bertz CT molecular complexity index is 357. The van der Waals surface area contributed by atoms with Crippen LogP contribution in [0.15, 0.2) is 30.3 Å². The van der Waals surface area contributed by atoms with Crippen molar-refractivity contribution in [2.45, 2.75) is 31.2 Å². The number of hydrogen-bond donors (Lipinski definition) is 1. The van der Waals surface area contributed by atoms with E-state index in [0.717, 1.165) is 6.54 Å². The molecule has 1 aromatic carbocycles. The summed E-state index contributed by atoms with van der Waals surface area (Å²) in [5, 5.41) is 3.40. The van der Waals surface area contributed by atoms with Gasteiger partial charge in [0.15, 0.2) is 0 Å². The molecule has 1 atom stereocenters. The van der Waals surface area contributed by atoms with E-state index in [1.807, 2.05) is 0 Å². The van der Waals surface area contributed by atoms with Crippen LogP contribution >= 0.6 is 0 Å². The topological polar surface area (TPSA) is 12.0 Å². The van der Waals surface area contributed by atoms with Crippen molar-refractivity contribution in [1.82, 2.24) is 5.32 Å². The SMILES string of the molecule is C#CC(NCC)C1(c2ccccc2)CC1. The van der Waals surface area contributed by atoms with Gasteiger partial charge in [-0.15, -0.1) is 6.42 Å². The lowest BCUT2D eigenvalue weighted by Crippen LogP contribution is -2.38. The molecular weight excluding hydrogens is 182 g/mol. The van der Waals surface area contributed by atoms with Crippen LogP contribution in [0.3, 0.4) is 0 Å². The van der Waals surface area contributed by atoms with Crippen LogP contribution in [-0.4, -0.2) is 12.6 Å². The second kappa shape index (κ2) is 4.08. The largest absolute Gasteiger partial charge is 0.303 e. The van der Waals surface area contributed by atoms with Gasteiger partial charge in [0, 0.05) is 5.41 Å². The van der Waals surface area contributed by atoms with E-state index in [4.69, 9.17) is 6.42 Å². The molecule has 0 bridgehead atoms. The maximum Gasteiger partial charge on any atom is 0.0784 e. The molecule has 1 saturated carbocycles. The Morgan fingerprint density at radius 3 is 2.53 bits per heavy atom. The monoisotopic (exact) mass is 199 g/mol. The highest BCUT2D eigenvalue weighted by atomic mass is 14.9. The summed E-state index contributed by atoms with van der Waals surface area (Å²) in [7, 11) is 0. The average Bonchev–Trinajstić information content (AvgIpc) is 3.08. The molecule has 0 aromatic heterocycles. The number of hydrogen-bond acceptors (Lipinski definition) is 1. The fourth-order valence-corrected chi connectivity index (χ4v) is 2.27. The van der Waals surface area contributed by atoms with Crippen molar-refractivity contribution in [2.24, 2.45) is 0 Å². The summed E-state index contributed by atoms with van der Waals surface area (Å²) in [4.78, 5) is 0. The lowest BCUT2D eigenvalue weighted by molar-refractivity contribution is 0.509. The summed E-state index contributed by atoms with van der Waals surface area (Å²) >= 11 is 0. The molecule has 2 rings (SSSR count). The summed E-state index contributed by atoms with van der Waals surface area (Å²) in [6.45, 7) is 3.04. The molecule has 0 radical (unpaired) electrons. The van der Waals surface area contributed by atoms with E-state index in [0.29, 0.717) is 0 Å². The zero-order valence-corrected chi connectivity index (χ0v) is 9.16. The number of terminal acetylenes is 1. The van der Waals surface area contributed by atoms with Gasteiger partial charge in [-0.1, -0.05) is 43.2 Å². The molecule has 0 spiro atoms. The normalized spacial score (nSPS) is 19.2. The molecule has 1 nitrogen and oxygen atoms in total. The molecule has 1 aliphatic carbocycles. The standard InChI is InChI=1S/C14H17N/c1-3-13(15-4-2)14(10-11-14)12-8-6-5-7-9-12/h1,5-9,13,15H,4,10-11H2,2H3. The first-order valence-corrected chi connectivity index (χ1v) is 5.58. The van der Waals surface area contributed by atoms with Crippen molar-refractivity contribution < 1.29 is 0 Å². The van der Waals surface area contributed by atoms with Crippen molar-refractivity contribution in [1.29, 1.82) is 0 Å². The maximum atomic E-state index is 5.61. The molecule has 1 aliphatic rings. The van der Waals surface area contributed by atoms with Crippen molar-refractivity contribution in [3.05, 3.63) is 35.9 Å². The van der Waals surface area contributed by atoms with Gasteiger partial charge in [0.1, 0.15) is 0 Å². The van der Waals surface area contributed by atoms with Gasteiger partial charge < -0.3 is 5.32 Å². The van der Waals surface area contributed by atoms with Gasteiger partial charge in [0.2, 0.25) is 0 Å². The molecule has 15 heavy (non-hydrogen) atoms. The van der Waals surface area contributed by atoms with Gasteiger partial charge in [0.25, 0.3) is 0 Å². The number of rotatable bonds is 4. The van der Waals surface area contributed by atoms with Crippen LogP contribution in [-0.2, 0) is 5.41 Å². The molecule has 1 N–H and O–H groups in total. The average molecular weight is 199 g/mol. The summed E-state index contributed by atoms with van der Waals surface area (Å²) in [5.74, 6) is 2.89. The molecule has 0 heterocycles. The van der Waals surface area contributed by atoms with E-state index >= 15 is 0 Å². The number of nitrogens with one attached hydrogen (secondary N) is 1. The molecule has 1 unspecified atom stereocenters. The third kappa shape index (κ3) is 1.78. The highest BCUT2D eigenvalue weighted by Gasteiger charge is 2.49. The summed E-state index contributed by atoms with van der Waals surface area (Å²) in [6.07, 6.45) is 8.02. The third-order valence-electron chi connectivity index (χ3n) is 3.26. The van der Waals surface area contributed by atoms with E-state index in [1.54, 1.807) is 0 Å². The molecule has 1 heteroatoms. The van der Waals surface area contributed by atoms with Crippen molar-refractivity contribution in [2.75, 3.05) is 6.54 Å². The lowest BCUT2D eigenvalue weighted by atomic mass is 9.88. The third-order valence-corrected chi connectivity index (χ3v) is 3.26. The Morgan fingerprint density at radius 1 is 1.40 bits per heavy atom. The van der Waals surface area contributed by atoms with E-state index < -0.39 is 0 Å². The molecule has 1 fully saturated rings. The second-order valence-corrected chi connectivity index (χ2v) is 4.18. The first-order chi connectivity index (χ1) is 7.33. The molecular formula is C14H17N. The van der Waals surface area contributed by atoms with Gasteiger partial charge in [-0.3, -0.25) is 0 Å². The maximum absolute atomic E-state index is 5.61. The fraction of sp³-hybridized carbons (Fsp3) is 0.429. The fourth-order valence-electron chi connectivity index (χ4n) is 2.27. The first kappa shape index (κ1) is 10.3. The minimum absolute atomic E-state index is 0.185. The number of likely N-dealkylation sites (N-methyl/N-ethyl adjacent to an activating group) is 1. The van der Waals surface area contributed by atoms with E-state index in [2.05, 4.69) is 48.5 Å². The quantitative estimate of drug-likeness (QED) is 0.734. The van der Waals surface area contributed by atoms with Gasteiger partial charge in [0.05, 0.1) is 6.04 Å². The molecule has 1 aromatic rings. The van der Waals surface area contributed by atoms with Crippen molar-refractivity contribution in [3.8, 4) is 12.3 Å². The Kier molecular flexibility index (Phi) is 2.79. The Morgan fingerprint density at radius 2 is 2.07 bits per heavy atom. The highest BCUT2D eigenvalue weighted by molar-refractivity contribution is 5.37. The zero-order chi connectivity index (χ0) is 10.7.